The van der Waals surface area contributed by atoms with Gasteiger partial charge in [0, 0.05) is 6.54 Å². The van der Waals surface area contributed by atoms with Gasteiger partial charge in [0.1, 0.15) is 0 Å². The third kappa shape index (κ3) is 5.79. The summed E-state index contributed by atoms with van der Waals surface area (Å²) in [6.07, 6.45) is 7.26. The van der Waals surface area contributed by atoms with Crippen molar-refractivity contribution < 1.29 is 8.42 Å². The van der Waals surface area contributed by atoms with Crippen LogP contribution in [-0.2, 0) is 10.0 Å². The molecule has 0 radical (unpaired) electrons. The second-order valence-corrected chi connectivity index (χ2v) is 6.55. The first kappa shape index (κ1) is 16.8. The molecule has 0 atom stereocenters. The summed E-state index contributed by atoms with van der Waals surface area (Å²) < 4.78 is 22.6. The molecule has 20 heavy (non-hydrogen) atoms. The molecule has 1 rings (SSSR count). The highest BCUT2D eigenvalue weighted by Crippen LogP contribution is 2.22. The van der Waals surface area contributed by atoms with Crippen LogP contribution >= 0.6 is 0 Å². The lowest BCUT2D eigenvalue weighted by Crippen LogP contribution is -2.13. The number of nitrogens with two attached hydrogens (primary N) is 2. The first-order valence-electron chi connectivity index (χ1n) is 7.11. The monoisotopic (exact) mass is 299 g/mol. The van der Waals surface area contributed by atoms with Crippen molar-refractivity contribution in [2.75, 3.05) is 17.6 Å². The van der Waals surface area contributed by atoms with Gasteiger partial charge < -0.3 is 11.1 Å². The second-order valence-electron chi connectivity index (χ2n) is 4.99. The molecule has 0 aliphatic rings. The molecule has 0 spiro atoms. The van der Waals surface area contributed by atoms with Crippen LogP contribution in [0, 0.1) is 0 Å². The molecule has 0 amide bonds. The van der Waals surface area contributed by atoms with E-state index < -0.39 is 10.0 Å². The Bertz CT molecular complexity index is 515. The molecule has 0 bridgehead atoms. The Morgan fingerprint density at radius 2 is 1.75 bits per heavy atom. The van der Waals surface area contributed by atoms with Crippen molar-refractivity contribution in [3.8, 4) is 0 Å². The average molecular weight is 299 g/mol. The number of hydrogen-bond donors (Lipinski definition) is 3. The van der Waals surface area contributed by atoms with Gasteiger partial charge in [-0.3, -0.25) is 0 Å². The molecule has 0 aliphatic heterocycles. The quantitative estimate of drug-likeness (QED) is 0.482. The summed E-state index contributed by atoms with van der Waals surface area (Å²) in [6, 6.07) is 4.46. The van der Waals surface area contributed by atoms with E-state index in [1.54, 1.807) is 6.07 Å². The minimum absolute atomic E-state index is 0.0807. The maximum absolute atomic E-state index is 11.3. The van der Waals surface area contributed by atoms with Crippen molar-refractivity contribution >= 4 is 21.4 Å². The first-order valence-corrected chi connectivity index (χ1v) is 8.66. The third-order valence-electron chi connectivity index (χ3n) is 3.20. The maximum atomic E-state index is 11.3. The number of primary sulfonamides is 1. The molecule has 6 heteroatoms. The van der Waals surface area contributed by atoms with E-state index in [0.29, 0.717) is 11.4 Å². The Labute approximate surface area is 121 Å². The van der Waals surface area contributed by atoms with Crippen LogP contribution in [0.3, 0.4) is 0 Å². The van der Waals surface area contributed by atoms with E-state index in [-0.39, 0.29) is 4.90 Å². The van der Waals surface area contributed by atoms with Crippen LogP contribution in [0.2, 0.25) is 0 Å². The molecule has 5 N–H and O–H groups in total. The Balaban J connectivity index is 2.44. The van der Waals surface area contributed by atoms with Crippen LogP contribution in [0.1, 0.15) is 45.4 Å². The maximum Gasteiger partial charge on any atom is 0.238 e. The van der Waals surface area contributed by atoms with Gasteiger partial charge in [0.05, 0.1) is 16.3 Å². The lowest BCUT2D eigenvalue weighted by molar-refractivity contribution is 0.598. The Morgan fingerprint density at radius 1 is 1.10 bits per heavy atom. The number of rotatable bonds is 9. The van der Waals surface area contributed by atoms with Gasteiger partial charge in [-0.15, -0.1) is 0 Å². The number of hydrogen-bond acceptors (Lipinski definition) is 4. The number of sulfonamides is 1. The zero-order chi connectivity index (χ0) is 15.0. The summed E-state index contributed by atoms with van der Waals surface area (Å²) in [7, 11) is -3.68. The van der Waals surface area contributed by atoms with Crippen LogP contribution in [0.5, 0.6) is 0 Å². The van der Waals surface area contributed by atoms with Gasteiger partial charge in [-0.05, 0) is 24.6 Å². The van der Waals surface area contributed by atoms with E-state index in [9.17, 15) is 8.42 Å². The molecular formula is C14H25N3O2S. The standard InChI is InChI=1S/C14H25N3O2S/c1-2-3-4-5-6-7-10-17-14-11-12(20(16,18)19)8-9-13(14)15/h8-9,11,17H,2-7,10,15H2,1H3,(H2,16,18,19). The van der Waals surface area contributed by atoms with Crippen molar-refractivity contribution in [2.45, 2.75) is 50.3 Å². The minimum Gasteiger partial charge on any atom is -0.397 e. The van der Waals surface area contributed by atoms with E-state index in [1.807, 2.05) is 0 Å². The van der Waals surface area contributed by atoms with E-state index in [4.69, 9.17) is 10.9 Å². The fraction of sp³-hybridized carbons (Fsp3) is 0.571. The van der Waals surface area contributed by atoms with Gasteiger partial charge in [0.25, 0.3) is 0 Å². The molecule has 0 saturated carbocycles. The van der Waals surface area contributed by atoms with Crippen molar-refractivity contribution in [3.05, 3.63) is 18.2 Å². The molecule has 1 aromatic rings. The number of nitrogens with one attached hydrogen (secondary N) is 1. The van der Waals surface area contributed by atoms with Crippen molar-refractivity contribution in [3.63, 3.8) is 0 Å². The first-order chi connectivity index (χ1) is 9.45. The van der Waals surface area contributed by atoms with Gasteiger partial charge >= 0.3 is 0 Å². The van der Waals surface area contributed by atoms with E-state index >= 15 is 0 Å². The van der Waals surface area contributed by atoms with Gasteiger partial charge in [-0.1, -0.05) is 39.0 Å². The predicted octanol–water partition coefficient (Wildman–Crippen LogP) is 2.69. The topological polar surface area (TPSA) is 98.2 Å². The van der Waals surface area contributed by atoms with E-state index in [0.717, 1.165) is 13.0 Å². The molecule has 0 heterocycles. The minimum atomic E-state index is -3.68. The van der Waals surface area contributed by atoms with Gasteiger partial charge in [-0.25, -0.2) is 13.6 Å². The largest absolute Gasteiger partial charge is 0.397 e. The van der Waals surface area contributed by atoms with Crippen molar-refractivity contribution in [1.29, 1.82) is 0 Å². The molecule has 0 aliphatic carbocycles. The highest BCUT2D eigenvalue weighted by Gasteiger charge is 2.09. The van der Waals surface area contributed by atoms with Crippen LogP contribution in [0.15, 0.2) is 23.1 Å². The fourth-order valence-electron chi connectivity index (χ4n) is 1.99. The van der Waals surface area contributed by atoms with Crippen LogP contribution < -0.4 is 16.2 Å². The fourth-order valence-corrected chi connectivity index (χ4v) is 2.53. The Hall–Kier alpha value is -1.27. The third-order valence-corrected chi connectivity index (χ3v) is 4.11. The molecule has 0 aromatic heterocycles. The highest BCUT2D eigenvalue weighted by molar-refractivity contribution is 7.89. The lowest BCUT2D eigenvalue weighted by Gasteiger charge is -2.10. The summed E-state index contributed by atoms with van der Waals surface area (Å²) in [5.74, 6) is 0. The van der Waals surface area contributed by atoms with Crippen molar-refractivity contribution in [1.82, 2.24) is 0 Å². The molecule has 5 nitrogen and oxygen atoms in total. The van der Waals surface area contributed by atoms with E-state index in [2.05, 4.69) is 12.2 Å². The summed E-state index contributed by atoms with van der Waals surface area (Å²) in [5.41, 5.74) is 6.98. The molecular weight excluding hydrogens is 274 g/mol. The van der Waals surface area contributed by atoms with Crippen LogP contribution in [-0.4, -0.2) is 15.0 Å². The molecule has 0 unspecified atom stereocenters. The predicted molar refractivity (Wildman–Crippen MR) is 84.1 cm³/mol. The van der Waals surface area contributed by atoms with Gasteiger partial charge in [0.15, 0.2) is 0 Å². The Kier molecular flexibility index (Phi) is 6.81. The summed E-state index contributed by atoms with van der Waals surface area (Å²) >= 11 is 0. The number of nitrogen functional groups attached to an aromatic ring is 1. The lowest BCUT2D eigenvalue weighted by atomic mass is 10.1. The Morgan fingerprint density at radius 3 is 2.40 bits per heavy atom. The number of anilines is 2. The van der Waals surface area contributed by atoms with Gasteiger partial charge in [0.2, 0.25) is 10.0 Å². The zero-order valence-electron chi connectivity index (χ0n) is 12.1. The summed E-state index contributed by atoms with van der Waals surface area (Å²) in [4.78, 5) is 0.0807. The second kappa shape index (κ2) is 8.11. The summed E-state index contributed by atoms with van der Waals surface area (Å²) in [6.45, 7) is 2.98. The average Bonchev–Trinajstić information content (AvgIpc) is 2.38. The van der Waals surface area contributed by atoms with Crippen LogP contribution in [0.25, 0.3) is 0 Å². The van der Waals surface area contributed by atoms with Crippen molar-refractivity contribution in [2.24, 2.45) is 5.14 Å². The SMILES string of the molecule is CCCCCCCCNc1cc(S(N)(=O)=O)ccc1N. The van der Waals surface area contributed by atoms with Gasteiger partial charge in [-0.2, -0.15) is 0 Å². The molecule has 114 valence electrons. The molecule has 0 saturated heterocycles. The van der Waals surface area contributed by atoms with E-state index in [1.165, 1.54) is 44.2 Å². The zero-order valence-corrected chi connectivity index (χ0v) is 12.9. The number of unbranched alkanes of at least 4 members (excludes halogenated alkanes) is 5. The smallest absolute Gasteiger partial charge is 0.238 e. The highest BCUT2D eigenvalue weighted by atomic mass is 32.2. The summed E-state index contributed by atoms with van der Waals surface area (Å²) in [5, 5.41) is 8.27. The number of benzene rings is 1. The normalized spacial score (nSPS) is 11.5. The van der Waals surface area contributed by atoms with Crippen LogP contribution in [0.4, 0.5) is 11.4 Å². The molecule has 0 fully saturated rings. The molecule has 1 aromatic carbocycles.